The number of nitrogens with zero attached hydrogens (tertiary/aromatic N) is 5. The summed E-state index contributed by atoms with van der Waals surface area (Å²) < 4.78 is 5.38. The molecule has 2 fully saturated rings. The minimum absolute atomic E-state index is 0. The number of H-pyrrole nitrogens is 1. The van der Waals surface area contributed by atoms with E-state index in [1.165, 1.54) is 0 Å². The minimum Gasteiger partial charge on any atom is -0.379 e. The van der Waals surface area contributed by atoms with Gasteiger partial charge in [-0.25, -0.2) is 9.97 Å². The average molecular weight is 494 g/mol. The van der Waals surface area contributed by atoms with Crippen molar-refractivity contribution in [3.05, 3.63) is 42.2 Å². The summed E-state index contributed by atoms with van der Waals surface area (Å²) in [6.45, 7) is 9.36. The van der Waals surface area contributed by atoms with Crippen molar-refractivity contribution in [3.8, 4) is 11.3 Å². The maximum Gasteiger partial charge on any atom is 0.252 e. The van der Waals surface area contributed by atoms with E-state index in [4.69, 9.17) is 9.72 Å². The maximum atomic E-state index is 12.8. The van der Waals surface area contributed by atoms with Gasteiger partial charge in [-0.1, -0.05) is 6.07 Å². The van der Waals surface area contributed by atoms with Gasteiger partial charge in [-0.2, -0.15) is 0 Å². The highest BCUT2D eigenvalue weighted by Gasteiger charge is 2.19. The van der Waals surface area contributed by atoms with E-state index in [1.807, 2.05) is 35.4 Å². The molecule has 3 aromatic rings. The number of morpholine rings is 1. The summed E-state index contributed by atoms with van der Waals surface area (Å²) in [4.78, 5) is 43.6. The third-order valence-electron chi connectivity index (χ3n) is 6.89. The summed E-state index contributed by atoms with van der Waals surface area (Å²) in [5.41, 5.74) is 2.97. The van der Waals surface area contributed by atoms with Crippen LogP contribution in [0.4, 0.5) is 5.82 Å². The fraction of sp³-hybridized carbons (Fsp3) is 0.462. The molecule has 0 unspecified atom stereocenters. The molecule has 2 saturated heterocycles. The minimum atomic E-state index is -0.133. The molecular weight excluding hydrogens is 458 g/mol. The first kappa shape index (κ1) is 24.2. The van der Waals surface area contributed by atoms with Gasteiger partial charge in [0.25, 0.3) is 5.91 Å². The van der Waals surface area contributed by atoms with Crippen molar-refractivity contribution in [2.75, 3.05) is 70.5 Å². The monoisotopic (exact) mass is 493 g/mol. The molecule has 0 saturated carbocycles. The average Bonchev–Trinajstić information content (AvgIpc) is 3.16. The van der Waals surface area contributed by atoms with Crippen LogP contribution in [0.15, 0.2) is 36.7 Å². The third-order valence-corrected chi connectivity index (χ3v) is 6.89. The summed E-state index contributed by atoms with van der Waals surface area (Å²) in [5.74, 6) is 0.870. The van der Waals surface area contributed by atoms with E-state index in [9.17, 15) is 9.59 Å². The number of hydrogen-bond donors (Lipinski definition) is 2. The second kappa shape index (κ2) is 11.0. The molecule has 0 aromatic carbocycles. The number of aromatic amines is 1. The van der Waals surface area contributed by atoms with Crippen LogP contribution in [-0.4, -0.2) is 102 Å². The van der Waals surface area contributed by atoms with Gasteiger partial charge in [-0.05, 0) is 24.6 Å². The third kappa shape index (κ3) is 5.50. The maximum absolute atomic E-state index is 12.8. The molecule has 0 atom stereocenters. The van der Waals surface area contributed by atoms with Crippen LogP contribution in [0, 0.1) is 0 Å². The zero-order valence-corrected chi connectivity index (χ0v) is 20.7. The number of hydrogen-bond acceptors (Lipinski definition) is 7. The van der Waals surface area contributed by atoms with Crippen LogP contribution in [0.5, 0.6) is 0 Å². The van der Waals surface area contributed by atoms with Crippen molar-refractivity contribution in [3.63, 3.8) is 0 Å². The van der Waals surface area contributed by atoms with Crippen LogP contribution >= 0.6 is 0 Å². The molecule has 5 heterocycles. The highest BCUT2D eigenvalue weighted by Crippen LogP contribution is 2.28. The molecule has 10 heteroatoms. The lowest BCUT2D eigenvalue weighted by Crippen LogP contribution is -2.41. The first-order chi connectivity index (χ1) is 17.6. The Morgan fingerprint density at radius 2 is 2.00 bits per heavy atom. The molecule has 2 amide bonds. The second-order valence-corrected chi connectivity index (χ2v) is 9.26. The number of pyridine rings is 2. The summed E-state index contributed by atoms with van der Waals surface area (Å²) in [6, 6.07) is 7.86. The van der Waals surface area contributed by atoms with Crippen molar-refractivity contribution in [2.24, 2.45) is 0 Å². The highest BCUT2D eigenvalue weighted by atomic mass is 16.5. The molecule has 0 aliphatic carbocycles. The lowest BCUT2D eigenvalue weighted by atomic mass is 10.1. The largest absolute Gasteiger partial charge is 0.379 e. The Morgan fingerprint density at radius 3 is 2.83 bits per heavy atom. The Morgan fingerprint density at radius 1 is 1.14 bits per heavy atom. The molecule has 2 aliphatic heterocycles. The van der Waals surface area contributed by atoms with Crippen LogP contribution in [-0.2, 0) is 9.53 Å². The van der Waals surface area contributed by atoms with Gasteiger partial charge in [0, 0.05) is 84.1 Å². The van der Waals surface area contributed by atoms with E-state index in [-0.39, 0.29) is 13.2 Å². The Labute approximate surface area is 212 Å². The summed E-state index contributed by atoms with van der Waals surface area (Å²) >= 11 is 0. The van der Waals surface area contributed by atoms with Gasteiger partial charge < -0.3 is 24.8 Å². The van der Waals surface area contributed by atoms with Crippen LogP contribution in [0.1, 0.15) is 25.1 Å². The van der Waals surface area contributed by atoms with Crippen molar-refractivity contribution < 1.29 is 15.8 Å². The van der Waals surface area contributed by atoms with Gasteiger partial charge in [-0.3, -0.25) is 14.5 Å². The Bertz CT molecular complexity index is 1230. The van der Waals surface area contributed by atoms with Gasteiger partial charge in [-0.15, -0.1) is 0 Å². The lowest BCUT2D eigenvalue weighted by molar-refractivity contribution is -0.128. The predicted molar refractivity (Wildman–Crippen MR) is 140 cm³/mol. The molecule has 10 nitrogen and oxygen atoms in total. The van der Waals surface area contributed by atoms with Gasteiger partial charge >= 0.3 is 0 Å². The van der Waals surface area contributed by atoms with Crippen LogP contribution in [0.2, 0.25) is 0 Å². The number of nitrogens with one attached hydrogen (secondary N) is 2. The highest BCUT2D eigenvalue weighted by molar-refractivity contribution is 6.00. The van der Waals surface area contributed by atoms with E-state index in [1.54, 1.807) is 13.1 Å². The molecule has 5 rings (SSSR count). The second-order valence-electron chi connectivity index (χ2n) is 9.26. The van der Waals surface area contributed by atoms with Gasteiger partial charge in [0.05, 0.1) is 24.5 Å². The molecule has 2 aliphatic rings. The molecule has 2 N–H and O–H groups in total. The number of rotatable bonds is 6. The smallest absolute Gasteiger partial charge is 0.252 e. The molecule has 3 aromatic heterocycles. The molecule has 0 radical (unpaired) electrons. The van der Waals surface area contributed by atoms with E-state index in [0.717, 1.165) is 81.4 Å². The predicted octanol–water partition coefficient (Wildman–Crippen LogP) is 1.99. The molecular formula is C26H35N7O3. The lowest BCUT2D eigenvalue weighted by Gasteiger charge is -2.26. The van der Waals surface area contributed by atoms with Crippen LogP contribution < -0.4 is 10.2 Å². The van der Waals surface area contributed by atoms with E-state index < -0.39 is 0 Å². The van der Waals surface area contributed by atoms with E-state index in [2.05, 4.69) is 25.1 Å². The number of anilines is 1. The Kier molecular flexibility index (Phi) is 7.43. The van der Waals surface area contributed by atoms with Crippen molar-refractivity contribution in [1.29, 1.82) is 0 Å². The van der Waals surface area contributed by atoms with Gasteiger partial charge in [0.15, 0.2) is 0 Å². The summed E-state index contributed by atoms with van der Waals surface area (Å²) in [6.07, 6.45) is 4.41. The summed E-state index contributed by atoms with van der Waals surface area (Å²) in [7, 11) is 0. The fourth-order valence-corrected chi connectivity index (χ4v) is 4.80. The van der Waals surface area contributed by atoms with Gasteiger partial charge in [0.2, 0.25) is 5.91 Å². The van der Waals surface area contributed by atoms with Crippen molar-refractivity contribution in [1.82, 2.24) is 30.1 Å². The molecule has 36 heavy (non-hydrogen) atoms. The first-order valence-corrected chi connectivity index (χ1v) is 12.6. The number of aromatic nitrogens is 3. The van der Waals surface area contributed by atoms with Crippen molar-refractivity contribution in [2.45, 2.75) is 13.3 Å². The fourth-order valence-electron chi connectivity index (χ4n) is 4.80. The van der Waals surface area contributed by atoms with Crippen molar-refractivity contribution >= 4 is 28.7 Å². The molecule has 0 spiro atoms. The Balaban J connectivity index is 0.00000320. The standard InChI is InChI=1S/C26H33N7O3.H2/c1-19(34)32-7-3-8-33(11-10-32)24-5-2-4-23(30-24)22-18-29-25-21(22)16-20(17-28-25)26(35)27-6-9-31-12-14-36-15-13-31;/h2,4-5,16-18H,3,6-15H2,1H3,(H,27,35)(H,28,29);1H. The van der Waals surface area contributed by atoms with Gasteiger partial charge in [0.1, 0.15) is 11.5 Å². The molecule has 0 bridgehead atoms. The SMILES string of the molecule is CC(=O)N1CCCN(c2cccc(-c3c[nH]c4ncc(C(=O)NCCN5CCOCC5)cc34)n2)CC1.[HH]. The quantitative estimate of drug-likeness (QED) is 0.541. The number of carbonyl (C=O) groups is 2. The zero-order chi connectivity index (χ0) is 24.9. The topological polar surface area (TPSA) is 107 Å². The van der Waals surface area contributed by atoms with E-state index in [0.29, 0.717) is 24.3 Å². The summed E-state index contributed by atoms with van der Waals surface area (Å²) in [5, 5.41) is 3.87. The number of amides is 2. The Hall–Kier alpha value is -3.50. The molecule has 192 valence electrons. The van der Waals surface area contributed by atoms with Crippen LogP contribution in [0.25, 0.3) is 22.3 Å². The number of ether oxygens (including phenoxy) is 1. The zero-order valence-electron chi connectivity index (χ0n) is 20.7. The van der Waals surface area contributed by atoms with Crippen LogP contribution in [0.3, 0.4) is 0 Å². The van der Waals surface area contributed by atoms with E-state index >= 15 is 0 Å². The normalized spacial score (nSPS) is 17.2. The number of carbonyl (C=O) groups excluding carboxylic acids is 2. The number of fused-ring (bicyclic) bond motifs is 1. The first-order valence-electron chi connectivity index (χ1n) is 12.6.